The first kappa shape index (κ1) is 16.9. The predicted molar refractivity (Wildman–Crippen MR) is 90.5 cm³/mol. The predicted octanol–water partition coefficient (Wildman–Crippen LogP) is 3.32. The lowest BCUT2D eigenvalue weighted by Crippen LogP contribution is -2.42. The molecule has 0 fully saturated rings. The van der Waals surface area contributed by atoms with Gasteiger partial charge in [0.05, 0.1) is 20.3 Å². The molecule has 1 unspecified atom stereocenters. The van der Waals surface area contributed by atoms with Gasteiger partial charge < -0.3 is 9.47 Å². The smallest absolute Gasteiger partial charge is 0.160 e. The van der Waals surface area contributed by atoms with Gasteiger partial charge in [0.2, 0.25) is 0 Å². The van der Waals surface area contributed by atoms with Gasteiger partial charge in [-0.15, -0.1) is 0 Å². The molecule has 2 rings (SSSR count). The molecule has 120 valence electrons. The highest BCUT2D eigenvalue weighted by atomic mass is 16.5. The van der Waals surface area contributed by atoms with Crippen LogP contribution in [-0.4, -0.2) is 19.8 Å². The van der Waals surface area contributed by atoms with Crippen LogP contribution in [0, 0.1) is 11.3 Å². The molecule has 1 atom stereocenters. The molecule has 0 saturated carbocycles. The van der Waals surface area contributed by atoms with Gasteiger partial charge in [-0.3, -0.25) is 5.32 Å². The molecule has 0 amide bonds. The Morgan fingerprint density at radius 2 is 1.70 bits per heavy atom. The first-order valence-corrected chi connectivity index (χ1v) is 7.51. The Balaban J connectivity index is 2.10. The van der Waals surface area contributed by atoms with Crippen LogP contribution in [0.25, 0.3) is 0 Å². The van der Waals surface area contributed by atoms with Crippen LogP contribution in [0.3, 0.4) is 0 Å². The number of benzene rings is 2. The van der Waals surface area contributed by atoms with Crippen molar-refractivity contribution in [2.24, 2.45) is 0 Å². The van der Waals surface area contributed by atoms with Crippen molar-refractivity contribution in [2.45, 2.75) is 25.4 Å². The van der Waals surface area contributed by atoms with E-state index in [-0.39, 0.29) is 0 Å². The monoisotopic (exact) mass is 310 g/mol. The van der Waals surface area contributed by atoms with Crippen LogP contribution in [-0.2, 0) is 13.0 Å². The van der Waals surface area contributed by atoms with Crippen molar-refractivity contribution >= 4 is 0 Å². The van der Waals surface area contributed by atoms with Gasteiger partial charge in [0, 0.05) is 13.0 Å². The molecule has 0 aromatic heterocycles. The fourth-order valence-electron chi connectivity index (χ4n) is 2.43. The summed E-state index contributed by atoms with van der Waals surface area (Å²) in [5, 5.41) is 12.9. The van der Waals surface area contributed by atoms with Crippen LogP contribution in [0.4, 0.5) is 0 Å². The number of nitriles is 1. The third kappa shape index (κ3) is 4.48. The van der Waals surface area contributed by atoms with E-state index < -0.39 is 5.54 Å². The van der Waals surface area contributed by atoms with Gasteiger partial charge in [0.15, 0.2) is 11.5 Å². The summed E-state index contributed by atoms with van der Waals surface area (Å²) in [6.45, 7) is 2.56. The minimum atomic E-state index is -0.657. The average Bonchev–Trinajstić information content (AvgIpc) is 2.61. The number of nitrogens with zero attached hydrogens (tertiary/aromatic N) is 1. The Kier molecular flexibility index (Phi) is 5.61. The van der Waals surface area contributed by atoms with E-state index in [1.54, 1.807) is 14.2 Å². The average molecular weight is 310 g/mol. The Hall–Kier alpha value is -2.51. The molecule has 2 aromatic rings. The summed E-state index contributed by atoms with van der Waals surface area (Å²) in [5.41, 5.74) is 1.52. The molecule has 4 nitrogen and oxygen atoms in total. The first-order chi connectivity index (χ1) is 11.1. The van der Waals surface area contributed by atoms with Gasteiger partial charge in [-0.2, -0.15) is 5.26 Å². The zero-order chi connectivity index (χ0) is 16.7. The molecule has 2 aromatic carbocycles. The summed E-state index contributed by atoms with van der Waals surface area (Å²) in [7, 11) is 3.22. The van der Waals surface area contributed by atoms with E-state index in [1.807, 2.05) is 55.5 Å². The quantitative estimate of drug-likeness (QED) is 0.852. The van der Waals surface area contributed by atoms with Crippen molar-refractivity contribution < 1.29 is 9.47 Å². The molecular weight excluding hydrogens is 288 g/mol. The fourth-order valence-corrected chi connectivity index (χ4v) is 2.43. The number of methoxy groups -OCH3 is 2. The van der Waals surface area contributed by atoms with Crippen molar-refractivity contribution in [2.75, 3.05) is 14.2 Å². The first-order valence-electron chi connectivity index (χ1n) is 7.51. The molecule has 0 heterocycles. The second-order valence-corrected chi connectivity index (χ2v) is 5.65. The molecule has 0 spiro atoms. The van der Waals surface area contributed by atoms with Gasteiger partial charge >= 0.3 is 0 Å². The molecule has 0 aliphatic rings. The van der Waals surface area contributed by atoms with E-state index in [0.717, 1.165) is 11.1 Å². The van der Waals surface area contributed by atoms with Crippen molar-refractivity contribution in [3.8, 4) is 17.6 Å². The third-order valence-corrected chi connectivity index (χ3v) is 3.78. The van der Waals surface area contributed by atoms with Gasteiger partial charge in [-0.05, 0) is 30.2 Å². The molecule has 23 heavy (non-hydrogen) atoms. The van der Waals surface area contributed by atoms with Gasteiger partial charge in [-0.25, -0.2) is 0 Å². The summed E-state index contributed by atoms with van der Waals surface area (Å²) >= 11 is 0. The molecule has 1 N–H and O–H groups in total. The highest BCUT2D eigenvalue weighted by Crippen LogP contribution is 2.29. The van der Waals surface area contributed by atoms with E-state index in [0.29, 0.717) is 24.5 Å². The SMILES string of the molecule is COc1ccc(CC(C)(C#N)NCc2ccccc2)cc1OC. The van der Waals surface area contributed by atoms with Crippen LogP contribution in [0.1, 0.15) is 18.1 Å². The molecular formula is C19H22N2O2. The standard InChI is InChI=1S/C19H22N2O2/c1-19(14-20,21-13-15-7-5-4-6-8-15)12-16-9-10-17(22-2)18(11-16)23-3/h4-11,21H,12-13H2,1-3H3. The van der Waals surface area contributed by atoms with Crippen LogP contribution in [0.5, 0.6) is 11.5 Å². The maximum atomic E-state index is 9.58. The molecule has 0 bridgehead atoms. The molecule has 0 aliphatic carbocycles. The van der Waals surface area contributed by atoms with Crippen LogP contribution in [0.15, 0.2) is 48.5 Å². The number of hydrogen-bond acceptors (Lipinski definition) is 4. The zero-order valence-corrected chi connectivity index (χ0v) is 13.8. The lowest BCUT2D eigenvalue weighted by molar-refractivity contribution is 0.354. The minimum absolute atomic E-state index is 0.580. The Morgan fingerprint density at radius 3 is 2.30 bits per heavy atom. The normalized spacial score (nSPS) is 13.0. The van der Waals surface area contributed by atoms with Crippen molar-refractivity contribution in [3.05, 3.63) is 59.7 Å². The van der Waals surface area contributed by atoms with Crippen LogP contribution < -0.4 is 14.8 Å². The van der Waals surface area contributed by atoms with E-state index in [2.05, 4.69) is 11.4 Å². The van der Waals surface area contributed by atoms with Crippen LogP contribution >= 0.6 is 0 Å². The van der Waals surface area contributed by atoms with Crippen LogP contribution in [0.2, 0.25) is 0 Å². The van der Waals surface area contributed by atoms with Gasteiger partial charge in [-0.1, -0.05) is 36.4 Å². The van der Waals surface area contributed by atoms with E-state index in [4.69, 9.17) is 9.47 Å². The fraction of sp³-hybridized carbons (Fsp3) is 0.316. The topological polar surface area (TPSA) is 54.3 Å². The number of ether oxygens (including phenoxy) is 2. The largest absolute Gasteiger partial charge is 0.493 e. The van der Waals surface area contributed by atoms with Gasteiger partial charge in [0.1, 0.15) is 5.54 Å². The summed E-state index contributed by atoms with van der Waals surface area (Å²) < 4.78 is 10.6. The van der Waals surface area contributed by atoms with Gasteiger partial charge in [0.25, 0.3) is 0 Å². The number of rotatable bonds is 7. The summed E-state index contributed by atoms with van der Waals surface area (Å²) in [6.07, 6.45) is 0.580. The molecule has 0 radical (unpaired) electrons. The number of nitrogens with one attached hydrogen (secondary N) is 1. The summed E-state index contributed by atoms with van der Waals surface area (Å²) in [4.78, 5) is 0. The second kappa shape index (κ2) is 7.66. The highest BCUT2D eigenvalue weighted by Gasteiger charge is 2.24. The lowest BCUT2D eigenvalue weighted by Gasteiger charge is -2.24. The van der Waals surface area contributed by atoms with E-state index in [1.165, 1.54) is 0 Å². The van der Waals surface area contributed by atoms with E-state index >= 15 is 0 Å². The summed E-state index contributed by atoms with van der Waals surface area (Å²) in [5.74, 6) is 1.36. The lowest BCUT2D eigenvalue weighted by atomic mass is 9.93. The highest BCUT2D eigenvalue weighted by molar-refractivity contribution is 5.43. The van der Waals surface area contributed by atoms with Crippen molar-refractivity contribution in [1.82, 2.24) is 5.32 Å². The Bertz CT molecular complexity index is 680. The zero-order valence-electron chi connectivity index (χ0n) is 13.8. The van der Waals surface area contributed by atoms with Crippen molar-refractivity contribution in [1.29, 1.82) is 5.26 Å². The Morgan fingerprint density at radius 1 is 1.00 bits per heavy atom. The maximum Gasteiger partial charge on any atom is 0.160 e. The minimum Gasteiger partial charge on any atom is -0.493 e. The summed E-state index contributed by atoms with van der Waals surface area (Å²) in [6, 6.07) is 18.2. The number of hydrogen-bond donors (Lipinski definition) is 1. The second-order valence-electron chi connectivity index (χ2n) is 5.65. The van der Waals surface area contributed by atoms with E-state index in [9.17, 15) is 5.26 Å². The third-order valence-electron chi connectivity index (χ3n) is 3.78. The molecule has 0 saturated heterocycles. The molecule has 0 aliphatic heterocycles. The Labute approximate surface area is 137 Å². The molecule has 4 heteroatoms. The van der Waals surface area contributed by atoms with Crippen molar-refractivity contribution in [3.63, 3.8) is 0 Å². The maximum absolute atomic E-state index is 9.58.